The Hall–Kier alpha value is -1.84. The molecule has 0 fully saturated rings. The molecule has 0 aliphatic heterocycles. The van der Waals surface area contributed by atoms with Crippen molar-refractivity contribution < 1.29 is 9.59 Å². The topological polar surface area (TPSA) is 49.4 Å². The van der Waals surface area contributed by atoms with Crippen LogP contribution in [0.4, 0.5) is 5.69 Å². The van der Waals surface area contributed by atoms with Gasteiger partial charge in [0.1, 0.15) is 0 Å². The molecular formula is C20H32N2O2. The normalized spacial score (nSPS) is 11.9. The van der Waals surface area contributed by atoms with Gasteiger partial charge in [-0.3, -0.25) is 9.59 Å². The molecular weight excluding hydrogens is 300 g/mol. The van der Waals surface area contributed by atoms with Gasteiger partial charge in [0.15, 0.2) is 0 Å². The van der Waals surface area contributed by atoms with Crippen LogP contribution in [0.25, 0.3) is 0 Å². The number of likely N-dealkylation sites (N-methyl/N-ethyl adjacent to an activating group) is 1. The lowest BCUT2D eigenvalue weighted by Gasteiger charge is -2.23. The number of hydrogen-bond acceptors (Lipinski definition) is 2. The summed E-state index contributed by atoms with van der Waals surface area (Å²) in [6.07, 6.45) is 3.85. The number of nitrogens with zero attached hydrogens (tertiary/aromatic N) is 1. The smallest absolute Gasteiger partial charge is 0.243 e. The molecule has 1 aromatic carbocycles. The maximum Gasteiger partial charge on any atom is 0.243 e. The molecule has 24 heavy (non-hydrogen) atoms. The van der Waals surface area contributed by atoms with E-state index in [1.165, 1.54) is 5.56 Å². The summed E-state index contributed by atoms with van der Waals surface area (Å²) in [5.41, 5.74) is 4.12. The molecule has 1 unspecified atom stereocenters. The van der Waals surface area contributed by atoms with Gasteiger partial charge in [-0.05, 0) is 44.7 Å². The molecule has 0 saturated heterocycles. The SMILES string of the molecule is CCCCC(CC)C(=O)N(C)CC(=O)Nc1c(C)cc(C)cc1C. The minimum Gasteiger partial charge on any atom is -0.336 e. The van der Waals surface area contributed by atoms with Crippen LogP contribution in [0.15, 0.2) is 12.1 Å². The van der Waals surface area contributed by atoms with Gasteiger partial charge >= 0.3 is 0 Å². The van der Waals surface area contributed by atoms with Gasteiger partial charge in [-0.2, -0.15) is 0 Å². The van der Waals surface area contributed by atoms with Crippen molar-refractivity contribution in [2.45, 2.75) is 60.3 Å². The number of anilines is 1. The fourth-order valence-corrected chi connectivity index (χ4v) is 3.11. The maximum absolute atomic E-state index is 12.5. The number of benzene rings is 1. The molecule has 0 aliphatic carbocycles. The monoisotopic (exact) mass is 332 g/mol. The highest BCUT2D eigenvalue weighted by Gasteiger charge is 2.21. The van der Waals surface area contributed by atoms with Crippen molar-refractivity contribution >= 4 is 17.5 Å². The molecule has 0 bridgehead atoms. The molecule has 0 radical (unpaired) electrons. The van der Waals surface area contributed by atoms with E-state index >= 15 is 0 Å². The zero-order chi connectivity index (χ0) is 18.3. The molecule has 0 aliphatic rings. The highest BCUT2D eigenvalue weighted by molar-refractivity contribution is 5.96. The summed E-state index contributed by atoms with van der Waals surface area (Å²) >= 11 is 0. The Morgan fingerprint density at radius 1 is 1.12 bits per heavy atom. The molecule has 1 aromatic rings. The highest BCUT2D eigenvalue weighted by atomic mass is 16.2. The fraction of sp³-hybridized carbons (Fsp3) is 0.600. The predicted molar refractivity (Wildman–Crippen MR) is 100 cm³/mol. The Morgan fingerprint density at radius 2 is 1.71 bits per heavy atom. The number of aryl methyl sites for hydroxylation is 3. The van der Waals surface area contributed by atoms with Gasteiger partial charge in [-0.25, -0.2) is 0 Å². The summed E-state index contributed by atoms with van der Waals surface area (Å²) < 4.78 is 0. The van der Waals surface area contributed by atoms with Gasteiger partial charge < -0.3 is 10.2 Å². The minimum atomic E-state index is -0.147. The molecule has 1 N–H and O–H groups in total. The molecule has 1 rings (SSSR count). The van der Waals surface area contributed by atoms with Gasteiger partial charge in [0, 0.05) is 18.7 Å². The minimum absolute atomic E-state index is 0.0191. The lowest BCUT2D eigenvalue weighted by atomic mass is 9.98. The van der Waals surface area contributed by atoms with Crippen molar-refractivity contribution in [2.75, 3.05) is 18.9 Å². The predicted octanol–water partition coefficient (Wildman–Crippen LogP) is 4.23. The van der Waals surface area contributed by atoms with E-state index in [4.69, 9.17) is 0 Å². The Bertz CT molecular complexity index is 558. The maximum atomic E-state index is 12.5. The molecule has 2 amide bonds. The average molecular weight is 332 g/mol. The van der Waals surface area contributed by atoms with Crippen LogP contribution in [0.3, 0.4) is 0 Å². The highest BCUT2D eigenvalue weighted by Crippen LogP contribution is 2.22. The summed E-state index contributed by atoms with van der Waals surface area (Å²) in [4.78, 5) is 26.4. The van der Waals surface area contributed by atoms with Crippen molar-refractivity contribution in [3.05, 3.63) is 28.8 Å². The number of carbonyl (C=O) groups is 2. The first-order chi connectivity index (χ1) is 11.3. The zero-order valence-corrected chi connectivity index (χ0v) is 16.0. The van der Waals surface area contributed by atoms with Gasteiger partial charge in [-0.15, -0.1) is 0 Å². The Labute approximate surface area is 146 Å². The Balaban J connectivity index is 2.69. The second kappa shape index (κ2) is 9.45. The van der Waals surface area contributed by atoms with Crippen LogP contribution in [0.1, 0.15) is 56.2 Å². The number of unbranched alkanes of at least 4 members (excludes halogenated alkanes) is 1. The Morgan fingerprint density at radius 3 is 2.21 bits per heavy atom. The Kier molecular flexibility index (Phi) is 7.96. The van der Waals surface area contributed by atoms with Gasteiger partial charge in [0.2, 0.25) is 11.8 Å². The molecule has 0 aromatic heterocycles. The molecule has 4 heteroatoms. The lowest BCUT2D eigenvalue weighted by molar-refractivity contribution is -0.137. The van der Waals surface area contributed by atoms with Gasteiger partial charge in [-0.1, -0.05) is 44.4 Å². The van der Waals surface area contributed by atoms with Crippen molar-refractivity contribution in [3.8, 4) is 0 Å². The summed E-state index contributed by atoms with van der Waals surface area (Å²) in [6.45, 7) is 10.3. The van der Waals surface area contributed by atoms with Crippen LogP contribution in [0, 0.1) is 26.7 Å². The van der Waals surface area contributed by atoms with E-state index < -0.39 is 0 Å². The van der Waals surface area contributed by atoms with Crippen LogP contribution < -0.4 is 5.32 Å². The van der Waals surface area contributed by atoms with E-state index in [9.17, 15) is 9.59 Å². The van der Waals surface area contributed by atoms with Crippen LogP contribution in [-0.2, 0) is 9.59 Å². The summed E-state index contributed by atoms with van der Waals surface area (Å²) in [7, 11) is 1.71. The van der Waals surface area contributed by atoms with Crippen LogP contribution in [0.5, 0.6) is 0 Å². The van der Waals surface area contributed by atoms with Crippen molar-refractivity contribution in [2.24, 2.45) is 5.92 Å². The van der Waals surface area contributed by atoms with E-state index in [1.54, 1.807) is 11.9 Å². The third kappa shape index (κ3) is 5.66. The molecule has 1 atom stereocenters. The second-order valence-corrected chi connectivity index (χ2v) is 6.76. The third-order valence-corrected chi connectivity index (χ3v) is 4.45. The summed E-state index contributed by atoms with van der Waals surface area (Å²) in [5, 5.41) is 2.96. The largest absolute Gasteiger partial charge is 0.336 e. The number of amides is 2. The van der Waals surface area contributed by atoms with Gasteiger partial charge in [0.05, 0.1) is 6.54 Å². The number of hydrogen-bond donors (Lipinski definition) is 1. The first-order valence-corrected chi connectivity index (χ1v) is 8.92. The van der Waals surface area contributed by atoms with Gasteiger partial charge in [0.25, 0.3) is 0 Å². The zero-order valence-electron chi connectivity index (χ0n) is 16.0. The first-order valence-electron chi connectivity index (χ1n) is 8.92. The number of nitrogens with one attached hydrogen (secondary N) is 1. The molecule has 134 valence electrons. The average Bonchev–Trinajstić information content (AvgIpc) is 2.51. The first kappa shape index (κ1) is 20.2. The quantitative estimate of drug-likeness (QED) is 0.774. The fourth-order valence-electron chi connectivity index (χ4n) is 3.11. The second-order valence-electron chi connectivity index (χ2n) is 6.76. The van der Waals surface area contributed by atoms with E-state index in [0.29, 0.717) is 0 Å². The van der Waals surface area contributed by atoms with Crippen LogP contribution in [-0.4, -0.2) is 30.3 Å². The van der Waals surface area contributed by atoms with Crippen LogP contribution in [0.2, 0.25) is 0 Å². The van der Waals surface area contributed by atoms with Crippen molar-refractivity contribution in [1.82, 2.24) is 4.90 Å². The third-order valence-electron chi connectivity index (χ3n) is 4.45. The number of carbonyl (C=O) groups excluding carboxylic acids is 2. The van der Waals surface area contributed by atoms with E-state index in [0.717, 1.165) is 42.5 Å². The van der Waals surface area contributed by atoms with Crippen LogP contribution >= 0.6 is 0 Å². The molecule has 0 heterocycles. The standard InChI is InChI=1S/C20H32N2O2/c1-7-9-10-17(8-2)20(24)22(6)13-18(23)21-19-15(4)11-14(3)12-16(19)5/h11-12,17H,7-10,13H2,1-6H3,(H,21,23). The van der Waals surface area contributed by atoms with Crippen molar-refractivity contribution in [3.63, 3.8) is 0 Å². The summed E-state index contributed by atoms with van der Waals surface area (Å²) in [5.74, 6) is -0.0599. The molecule has 4 nitrogen and oxygen atoms in total. The van der Waals surface area contributed by atoms with E-state index in [2.05, 4.69) is 24.4 Å². The van der Waals surface area contributed by atoms with E-state index in [1.807, 2.05) is 27.7 Å². The lowest BCUT2D eigenvalue weighted by Crippen LogP contribution is -2.38. The summed E-state index contributed by atoms with van der Waals surface area (Å²) in [6, 6.07) is 4.10. The van der Waals surface area contributed by atoms with E-state index in [-0.39, 0.29) is 24.3 Å². The molecule has 0 spiro atoms. The molecule has 0 saturated carbocycles. The van der Waals surface area contributed by atoms with Crippen molar-refractivity contribution in [1.29, 1.82) is 0 Å². The number of rotatable bonds is 8.